The lowest BCUT2D eigenvalue weighted by Crippen LogP contribution is -2.45. The van der Waals surface area contributed by atoms with Gasteiger partial charge in [-0.05, 0) is 64.5 Å². The molecule has 1 unspecified atom stereocenters. The highest BCUT2D eigenvalue weighted by Gasteiger charge is 2.30. The van der Waals surface area contributed by atoms with Gasteiger partial charge in [-0.15, -0.1) is 11.3 Å². The number of hydrogen-bond donors (Lipinski definition) is 0. The van der Waals surface area contributed by atoms with Crippen molar-refractivity contribution in [1.29, 1.82) is 0 Å². The molecule has 0 spiro atoms. The molecule has 0 saturated carbocycles. The van der Waals surface area contributed by atoms with E-state index in [9.17, 15) is 18.0 Å². The number of carbonyl (C=O) groups is 2. The normalized spacial score (nSPS) is 20.4. The Balaban J connectivity index is 1.54. The third-order valence-electron chi connectivity index (χ3n) is 5.73. The van der Waals surface area contributed by atoms with Crippen LogP contribution in [0.1, 0.15) is 51.3 Å². The Morgan fingerprint density at radius 2 is 1.84 bits per heavy atom. The van der Waals surface area contributed by atoms with E-state index < -0.39 is 15.6 Å². The van der Waals surface area contributed by atoms with Gasteiger partial charge in [0.25, 0.3) is 10.0 Å². The average molecular weight is 486 g/mol. The summed E-state index contributed by atoms with van der Waals surface area (Å²) in [6, 6.07) is 3.37. The van der Waals surface area contributed by atoms with Gasteiger partial charge in [0.1, 0.15) is 9.81 Å². The zero-order valence-electron chi connectivity index (χ0n) is 19.5. The van der Waals surface area contributed by atoms with Crippen LogP contribution in [-0.4, -0.2) is 79.9 Å². The summed E-state index contributed by atoms with van der Waals surface area (Å²) in [7, 11) is -1.72. The third-order valence-corrected chi connectivity index (χ3v) is 9.18. The van der Waals surface area contributed by atoms with Crippen LogP contribution in [0.3, 0.4) is 0 Å². The fraction of sp³-hybridized carbons (Fsp3) is 0.727. The van der Waals surface area contributed by atoms with E-state index in [4.69, 9.17) is 4.74 Å². The van der Waals surface area contributed by atoms with Gasteiger partial charge in [0.2, 0.25) is 5.91 Å². The van der Waals surface area contributed by atoms with Crippen LogP contribution < -0.4 is 0 Å². The highest BCUT2D eigenvalue weighted by molar-refractivity contribution is 7.91. The second kappa shape index (κ2) is 10.1. The van der Waals surface area contributed by atoms with E-state index in [1.165, 1.54) is 15.6 Å². The van der Waals surface area contributed by atoms with Crippen LogP contribution in [0.4, 0.5) is 4.79 Å². The van der Waals surface area contributed by atoms with E-state index in [-0.39, 0.29) is 24.3 Å². The number of carbonyl (C=O) groups excluding carboxylic acids is 2. The van der Waals surface area contributed by atoms with E-state index in [0.717, 1.165) is 30.6 Å². The number of ether oxygens (including phenoxy) is 1. The molecule has 1 atom stereocenters. The molecule has 2 fully saturated rings. The number of nitrogens with zero attached hydrogens (tertiary/aromatic N) is 3. The monoisotopic (exact) mass is 485 g/mol. The molecule has 0 N–H and O–H groups in total. The quantitative estimate of drug-likeness (QED) is 0.618. The minimum atomic E-state index is -3.44. The average Bonchev–Trinajstić information content (AvgIpc) is 3.39. The molecular weight excluding hydrogens is 450 g/mol. The molecule has 180 valence electrons. The van der Waals surface area contributed by atoms with Crippen molar-refractivity contribution in [2.75, 3.05) is 39.8 Å². The lowest BCUT2D eigenvalue weighted by Gasteiger charge is -2.35. The number of likely N-dealkylation sites (tertiary alicyclic amines) is 1. The Morgan fingerprint density at radius 1 is 1.16 bits per heavy atom. The topological polar surface area (TPSA) is 87.2 Å². The van der Waals surface area contributed by atoms with E-state index in [1.54, 1.807) is 24.1 Å². The number of amides is 2. The fourth-order valence-electron chi connectivity index (χ4n) is 4.15. The Hall–Kier alpha value is -1.65. The molecule has 0 bridgehead atoms. The van der Waals surface area contributed by atoms with Crippen molar-refractivity contribution in [2.45, 2.75) is 62.7 Å². The van der Waals surface area contributed by atoms with E-state index >= 15 is 0 Å². The molecule has 2 amide bonds. The highest BCUT2D eigenvalue weighted by Crippen LogP contribution is 2.28. The van der Waals surface area contributed by atoms with Gasteiger partial charge in [-0.1, -0.05) is 0 Å². The minimum Gasteiger partial charge on any atom is -0.444 e. The molecule has 3 heterocycles. The summed E-state index contributed by atoms with van der Waals surface area (Å²) < 4.78 is 32.7. The summed E-state index contributed by atoms with van der Waals surface area (Å²) in [4.78, 5) is 29.3. The smallest absolute Gasteiger partial charge is 0.410 e. The van der Waals surface area contributed by atoms with Crippen LogP contribution >= 0.6 is 11.3 Å². The van der Waals surface area contributed by atoms with Crippen LogP contribution in [0, 0.1) is 5.92 Å². The number of thiophene rings is 1. The standard InChI is InChI=1S/C22H35N3O5S2/c1-22(2,3)30-21(27)23(4)15-17-8-7-11-24(16-17)19(26)14-18-9-10-20(31-18)32(28,29)25-12-5-6-13-25/h9-10,17H,5-8,11-16H2,1-4H3. The first-order valence-corrected chi connectivity index (χ1v) is 13.5. The first-order chi connectivity index (χ1) is 15.0. The Labute approximate surface area is 195 Å². The lowest BCUT2D eigenvalue weighted by atomic mass is 9.97. The SMILES string of the molecule is CN(CC1CCCN(C(=O)Cc2ccc(S(=O)(=O)N3CCCC3)s2)C1)C(=O)OC(C)(C)C. The molecule has 1 aromatic rings. The number of rotatable bonds is 6. The second-order valence-corrected chi connectivity index (χ2v) is 13.1. The maximum Gasteiger partial charge on any atom is 0.410 e. The molecule has 0 aliphatic carbocycles. The van der Waals surface area contributed by atoms with Crippen molar-refractivity contribution in [1.82, 2.24) is 14.1 Å². The first kappa shape index (κ1) is 25.0. The predicted molar refractivity (Wildman–Crippen MR) is 124 cm³/mol. The number of piperidine rings is 1. The molecule has 2 aliphatic heterocycles. The molecular formula is C22H35N3O5S2. The van der Waals surface area contributed by atoms with Gasteiger partial charge in [0.05, 0.1) is 6.42 Å². The fourth-order valence-corrected chi connectivity index (χ4v) is 7.17. The molecule has 3 rings (SSSR count). The largest absolute Gasteiger partial charge is 0.444 e. The summed E-state index contributed by atoms with van der Waals surface area (Å²) >= 11 is 1.19. The Morgan fingerprint density at radius 3 is 2.50 bits per heavy atom. The van der Waals surface area contributed by atoms with Crippen molar-refractivity contribution in [2.24, 2.45) is 5.92 Å². The zero-order valence-corrected chi connectivity index (χ0v) is 21.1. The van der Waals surface area contributed by atoms with Gasteiger partial charge < -0.3 is 14.5 Å². The predicted octanol–water partition coefficient (Wildman–Crippen LogP) is 3.18. The van der Waals surface area contributed by atoms with E-state index in [2.05, 4.69) is 0 Å². The number of sulfonamides is 1. The Kier molecular flexibility index (Phi) is 7.88. The summed E-state index contributed by atoms with van der Waals surface area (Å²) in [5.74, 6) is 0.196. The summed E-state index contributed by atoms with van der Waals surface area (Å²) in [5.41, 5.74) is -0.540. The maximum absolute atomic E-state index is 12.9. The minimum absolute atomic E-state index is 0.00147. The lowest BCUT2D eigenvalue weighted by molar-refractivity contribution is -0.132. The van der Waals surface area contributed by atoms with Crippen LogP contribution in [0.25, 0.3) is 0 Å². The highest BCUT2D eigenvalue weighted by atomic mass is 32.2. The van der Waals surface area contributed by atoms with Crippen LogP contribution in [0.5, 0.6) is 0 Å². The molecule has 2 aliphatic rings. The zero-order chi connectivity index (χ0) is 23.5. The Bertz CT molecular complexity index is 916. The van der Waals surface area contributed by atoms with Crippen molar-refractivity contribution in [3.05, 3.63) is 17.0 Å². The van der Waals surface area contributed by atoms with Gasteiger partial charge >= 0.3 is 6.09 Å². The van der Waals surface area contributed by atoms with Gasteiger partial charge in [-0.2, -0.15) is 4.31 Å². The molecule has 2 saturated heterocycles. The van der Waals surface area contributed by atoms with Gasteiger partial charge in [0, 0.05) is 44.6 Å². The first-order valence-electron chi connectivity index (χ1n) is 11.3. The van der Waals surface area contributed by atoms with E-state index in [1.807, 2.05) is 25.7 Å². The van der Waals surface area contributed by atoms with Crippen molar-refractivity contribution in [3.8, 4) is 0 Å². The third kappa shape index (κ3) is 6.45. The van der Waals surface area contributed by atoms with E-state index in [0.29, 0.717) is 36.9 Å². The summed E-state index contributed by atoms with van der Waals surface area (Å²) in [6.07, 6.45) is 3.48. The molecule has 0 radical (unpaired) electrons. The van der Waals surface area contributed by atoms with Crippen molar-refractivity contribution < 1.29 is 22.7 Å². The molecule has 10 heteroatoms. The molecule has 1 aromatic heterocycles. The maximum atomic E-state index is 12.9. The van der Waals surface area contributed by atoms with Gasteiger partial charge in [0.15, 0.2) is 0 Å². The van der Waals surface area contributed by atoms with Crippen LogP contribution in [0.15, 0.2) is 16.3 Å². The van der Waals surface area contributed by atoms with Crippen molar-refractivity contribution >= 4 is 33.4 Å². The summed E-state index contributed by atoms with van der Waals surface area (Å²) in [6.45, 7) is 8.48. The molecule has 0 aromatic carbocycles. The van der Waals surface area contributed by atoms with Crippen LogP contribution in [0.2, 0.25) is 0 Å². The van der Waals surface area contributed by atoms with Crippen molar-refractivity contribution in [3.63, 3.8) is 0 Å². The number of hydrogen-bond acceptors (Lipinski definition) is 6. The van der Waals surface area contributed by atoms with Gasteiger partial charge in [-0.25, -0.2) is 13.2 Å². The van der Waals surface area contributed by atoms with Crippen LogP contribution in [-0.2, 0) is 26.0 Å². The molecule has 32 heavy (non-hydrogen) atoms. The second-order valence-electron chi connectivity index (χ2n) is 9.72. The van der Waals surface area contributed by atoms with Gasteiger partial charge in [-0.3, -0.25) is 4.79 Å². The summed E-state index contributed by atoms with van der Waals surface area (Å²) in [5, 5.41) is 0. The molecule has 8 nitrogen and oxygen atoms in total.